The molecule has 0 aliphatic carbocycles. The summed E-state index contributed by atoms with van der Waals surface area (Å²) in [5, 5.41) is 11.7. The van der Waals surface area contributed by atoms with Gasteiger partial charge in [0.25, 0.3) is 5.56 Å². The van der Waals surface area contributed by atoms with Crippen LogP contribution >= 0.6 is 0 Å². The maximum absolute atomic E-state index is 12.9. The largest absolute Gasteiger partial charge is 0.416 e. The number of hydrogen-bond acceptors (Lipinski definition) is 3. The van der Waals surface area contributed by atoms with Gasteiger partial charge in [0, 0.05) is 35.9 Å². The standard InChI is InChI=1S/C22H23F3N2O3/c23-22(24,25)16-7-4-14(5-8-16)18(13-17-9-11-20(29)26-17)19-10-6-15(21(30)27-19)3-1-2-12-28/h4-8,10,13,17,28H,1-3,9,11-12H2,(H,26,29)(H,27,30)/t17-/m1/s1. The number of amides is 1. The Labute approximate surface area is 171 Å². The number of nitrogens with one attached hydrogen (secondary N) is 2. The van der Waals surface area contributed by atoms with Crippen molar-refractivity contribution in [1.82, 2.24) is 10.3 Å². The normalized spacial score (nSPS) is 17.3. The lowest BCUT2D eigenvalue weighted by Gasteiger charge is -2.14. The van der Waals surface area contributed by atoms with Gasteiger partial charge < -0.3 is 15.4 Å². The Morgan fingerprint density at radius 1 is 1.10 bits per heavy atom. The number of hydrogen-bond donors (Lipinski definition) is 3. The Bertz CT molecular complexity index is 978. The number of pyridine rings is 1. The number of halogens is 3. The lowest BCUT2D eigenvalue weighted by Crippen LogP contribution is -2.23. The first-order valence-electron chi connectivity index (χ1n) is 9.80. The Hall–Kier alpha value is -2.87. The highest BCUT2D eigenvalue weighted by atomic mass is 19.4. The molecule has 1 aliphatic heterocycles. The molecule has 5 nitrogen and oxygen atoms in total. The minimum Gasteiger partial charge on any atom is -0.396 e. The van der Waals surface area contributed by atoms with Gasteiger partial charge in [-0.15, -0.1) is 0 Å². The molecule has 0 unspecified atom stereocenters. The van der Waals surface area contributed by atoms with Crippen molar-refractivity contribution >= 4 is 11.5 Å². The zero-order valence-corrected chi connectivity index (χ0v) is 16.3. The van der Waals surface area contributed by atoms with Crippen LogP contribution < -0.4 is 10.9 Å². The summed E-state index contributed by atoms with van der Waals surface area (Å²) in [5.74, 6) is -0.0873. The Morgan fingerprint density at radius 2 is 1.83 bits per heavy atom. The molecule has 8 heteroatoms. The molecule has 1 saturated heterocycles. The molecule has 1 aromatic carbocycles. The number of aliphatic hydroxyl groups excluding tert-OH is 1. The smallest absolute Gasteiger partial charge is 0.396 e. The molecular weight excluding hydrogens is 397 g/mol. The summed E-state index contributed by atoms with van der Waals surface area (Å²) in [4.78, 5) is 26.8. The van der Waals surface area contributed by atoms with Gasteiger partial charge in [0.2, 0.25) is 5.91 Å². The maximum Gasteiger partial charge on any atom is 0.416 e. The molecule has 1 aromatic heterocycles. The topological polar surface area (TPSA) is 82.2 Å². The number of carbonyl (C=O) groups excluding carboxylic acids is 1. The van der Waals surface area contributed by atoms with Crippen LogP contribution in [0.3, 0.4) is 0 Å². The van der Waals surface area contributed by atoms with Crippen molar-refractivity contribution in [2.45, 2.75) is 44.3 Å². The molecule has 1 amide bonds. The molecule has 1 aliphatic rings. The van der Waals surface area contributed by atoms with Crippen LogP contribution in [-0.4, -0.2) is 28.6 Å². The second-order valence-electron chi connectivity index (χ2n) is 7.28. The van der Waals surface area contributed by atoms with Gasteiger partial charge >= 0.3 is 6.18 Å². The molecule has 0 saturated carbocycles. The summed E-state index contributed by atoms with van der Waals surface area (Å²) >= 11 is 0. The van der Waals surface area contributed by atoms with E-state index >= 15 is 0 Å². The van der Waals surface area contributed by atoms with Crippen molar-refractivity contribution in [2.24, 2.45) is 0 Å². The highest BCUT2D eigenvalue weighted by Gasteiger charge is 2.30. The first-order chi connectivity index (χ1) is 14.3. The van der Waals surface area contributed by atoms with Crippen LogP contribution in [0.4, 0.5) is 13.2 Å². The number of aryl methyl sites for hydroxylation is 1. The summed E-state index contributed by atoms with van der Waals surface area (Å²) in [7, 11) is 0. The van der Waals surface area contributed by atoms with E-state index in [2.05, 4.69) is 10.3 Å². The number of carbonyl (C=O) groups is 1. The fraction of sp³-hybridized carbons (Fsp3) is 0.364. The minimum atomic E-state index is -4.44. The van der Waals surface area contributed by atoms with E-state index in [0.717, 1.165) is 12.1 Å². The third-order valence-corrected chi connectivity index (χ3v) is 5.06. The van der Waals surface area contributed by atoms with Crippen LogP contribution in [-0.2, 0) is 17.4 Å². The Kier molecular flexibility index (Phi) is 6.77. The predicted molar refractivity (Wildman–Crippen MR) is 107 cm³/mol. The summed E-state index contributed by atoms with van der Waals surface area (Å²) in [6.07, 6.45) is 0.0763. The number of aromatic nitrogens is 1. The Balaban J connectivity index is 1.96. The summed E-state index contributed by atoms with van der Waals surface area (Å²) in [6.45, 7) is 0.0594. The van der Waals surface area contributed by atoms with Crippen LogP contribution in [0.5, 0.6) is 0 Å². The second kappa shape index (κ2) is 9.30. The molecule has 1 fully saturated rings. The van der Waals surface area contributed by atoms with Gasteiger partial charge in [0.15, 0.2) is 0 Å². The predicted octanol–water partition coefficient (Wildman–Crippen LogP) is 3.42. The molecule has 2 heterocycles. The zero-order valence-electron chi connectivity index (χ0n) is 16.3. The first-order valence-corrected chi connectivity index (χ1v) is 9.80. The lowest BCUT2D eigenvalue weighted by molar-refractivity contribution is -0.137. The molecule has 0 radical (unpaired) electrons. The van der Waals surface area contributed by atoms with Gasteiger partial charge in [-0.2, -0.15) is 13.2 Å². The third-order valence-electron chi connectivity index (χ3n) is 5.06. The van der Waals surface area contributed by atoms with Gasteiger partial charge in [-0.1, -0.05) is 24.3 Å². The monoisotopic (exact) mass is 420 g/mol. The van der Waals surface area contributed by atoms with Gasteiger partial charge in [0.1, 0.15) is 0 Å². The van der Waals surface area contributed by atoms with E-state index in [4.69, 9.17) is 5.11 Å². The van der Waals surface area contributed by atoms with Crippen molar-refractivity contribution in [3.63, 3.8) is 0 Å². The molecule has 30 heavy (non-hydrogen) atoms. The molecule has 3 N–H and O–H groups in total. The number of H-pyrrole nitrogens is 1. The highest BCUT2D eigenvalue weighted by molar-refractivity contribution is 5.82. The molecular formula is C22H23F3N2O3. The third kappa shape index (κ3) is 5.38. The van der Waals surface area contributed by atoms with Crippen LogP contribution in [0.2, 0.25) is 0 Å². The van der Waals surface area contributed by atoms with Crippen molar-refractivity contribution in [1.29, 1.82) is 0 Å². The Morgan fingerprint density at radius 3 is 2.40 bits per heavy atom. The van der Waals surface area contributed by atoms with E-state index in [1.54, 1.807) is 18.2 Å². The van der Waals surface area contributed by atoms with E-state index < -0.39 is 11.7 Å². The molecule has 3 rings (SSSR count). The van der Waals surface area contributed by atoms with Gasteiger partial charge in [-0.25, -0.2) is 0 Å². The first kappa shape index (κ1) is 21.8. The average molecular weight is 420 g/mol. The van der Waals surface area contributed by atoms with Crippen LogP contribution in [0.15, 0.2) is 47.3 Å². The SMILES string of the molecule is O=C1CC[C@H](C=C(c2ccc(C(F)(F)F)cc2)c2ccc(CCCCO)c(=O)[nH]2)N1. The van der Waals surface area contributed by atoms with E-state index in [9.17, 15) is 22.8 Å². The molecule has 1 atom stereocenters. The van der Waals surface area contributed by atoms with Gasteiger partial charge in [-0.05, 0) is 49.4 Å². The van der Waals surface area contributed by atoms with Crippen molar-refractivity contribution in [2.75, 3.05) is 6.61 Å². The maximum atomic E-state index is 12.9. The fourth-order valence-corrected chi connectivity index (χ4v) is 3.43. The summed E-state index contributed by atoms with van der Waals surface area (Å²) in [5.41, 5.74) is 1.06. The number of rotatable bonds is 7. The van der Waals surface area contributed by atoms with E-state index in [0.29, 0.717) is 54.5 Å². The van der Waals surface area contributed by atoms with Crippen LogP contribution in [0.25, 0.3) is 5.57 Å². The van der Waals surface area contributed by atoms with Crippen molar-refractivity contribution < 1.29 is 23.1 Å². The number of aliphatic hydroxyl groups is 1. The van der Waals surface area contributed by atoms with Crippen LogP contribution in [0, 0.1) is 0 Å². The fourth-order valence-electron chi connectivity index (χ4n) is 3.43. The van der Waals surface area contributed by atoms with E-state index in [-0.39, 0.29) is 24.1 Å². The number of alkyl halides is 3. The average Bonchev–Trinajstić information content (AvgIpc) is 3.12. The van der Waals surface area contributed by atoms with Crippen molar-refractivity contribution in [3.8, 4) is 0 Å². The quantitative estimate of drug-likeness (QED) is 0.601. The van der Waals surface area contributed by atoms with Gasteiger partial charge in [0.05, 0.1) is 5.56 Å². The number of unbranched alkanes of at least 4 members (excludes halogenated alkanes) is 1. The molecule has 2 aromatic rings. The van der Waals surface area contributed by atoms with Crippen molar-refractivity contribution in [3.05, 3.63) is 75.2 Å². The molecule has 0 bridgehead atoms. The highest BCUT2D eigenvalue weighted by Crippen LogP contribution is 2.31. The van der Waals surface area contributed by atoms with Gasteiger partial charge in [-0.3, -0.25) is 9.59 Å². The van der Waals surface area contributed by atoms with Crippen LogP contribution in [0.1, 0.15) is 48.1 Å². The molecule has 0 spiro atoms. The minimum absolute atomic E-state index is 0.0594. The lowest BCUT2D eigenvalue weighted by atomic mass is 9.97. The number of benzene rings is 1. The zero-order chi connectivity index (χ0) is 21.7. The molecule has 160 valence electrons. The second-order valence-corrected chi connectivity index (χ2v) is 7.28. The van der Waals surface area contributed by atoms with E-state index in [1.807, 2.05) is 0 Å². The number of aromatic amines is 1. The van der Waals surface area contributed by atoms with E-state index in [1.165, 1.54) is 12.1 Å². The summed E-state index contributed by atoms with van der Waals surface area (Å²) in [6, 6.07) is 7.86. The summed E-state index contributed by atoms with van der Waals surface area (Å²) < 4.78 is 38.7.